The Morgan fingerprint density at radius 3 is 2.00 bits per heavy atom. The van der Waals surface area contributed by atoms with Gasteiger partial charge in [-0.3, -0.25) is 0 Å². The zero-order valence-corrected chi connectivity index (χ0v) is 8.79. The molecule has 3 aliphatic rings. The van der Waals surface area contributed by atoms with E-state index in [2.05, 4.69) is 12.1 Å². The molecule has 0 aromatic heterocycles. The zero-order chi connectivity index (χ0) is 9.50. The quantitative estimate of drug-likeness (QED) is 0.618. The third-order valence-corrected chi connectivity index (χ3v) is 4.73. The van der Waals surface area contributed by atoms with E-state index in [0.717, 1.165) is 0 Å². The Kier molecular flexibility index (Phi) is 1.22. The molecule has 3 heteroatoms. The first-order valence-corrected chi connectivity index (χ1v) is 5.59. The molecule has 1 aliphatic carbocycles. The lowest BCUT2D eigenvalue weighted by Gasteiger charge is -2.11. The van der Waals surface area contributed by atoms with Crippen molar-refractivity contribution in [2.75, 3.05) is 0 Å². The SMILES string of the molecule is ClC1(Cl)[C@H]2[C@H]1[C@@H]1O[C@@H]2c2ccccc21. The fourth-order valence-corrected chi connectivity index (χ4v) is 3.92. The fourth-order valence-electron chi connectivity index (χ4n) is 3.05. The summed E-state index contributed by atoms with van der Waals surface area (Å²) in [6.07, 6.45) is 0.299. The Morgan fingerprint density at radius 1 is 1.00 bits per heavy atom. The highest BCUT2D eigenvalue weighted by Crippen LogP contribution is 2.78. The highest BCUT2D eigenvalue weighted by Gasteiger charge is 2.77. The monoisotopic (exact) mass is 226 g/mol. The number of alkyl halides is 2. The van der Waals surface area contributed by atoms with Crippen LogP contribution in [0.4, 0.5) is 0 Å². The van der Waals surface area contributed by atoms with Crippen LogP contribution in [0.5, 0.6) is 0 Å². The maximum Gasteiger partial charge on any atom is 0.130 e. The topological polar surface area (TPSA) is 9.23 Å². The molecule has 72 valence electrons. The lowest BCUT2D eigenvalue weighted by atomic mass is 9.92. The standard InChI is InChI=1S/C11H8Cl2O/c12-11(13)7-8(11)10-6-4-2-1-3-5(6)9(7)14-10/h1-4,7-10H/t7-,8-,9+,10+/m0/s1. The molecule has 4 rings (SSSR count). The maximum absolute atomic E-state index is 6.21. The fraction of sp³-hybridized carbons (Fsp3) is 0.455. The molecule has 2 bridgehead atoms. The zero-order valence-electron chi connectivity index (χ0n) is 7.28. The predicted octanol–water partition coefficient (Wildman–Crippen LogP) is 3.23. The molecule has 1 saturated heterocycles. The molecule has 2 fully saturated rings. The first-order valence-electron chi connectivity index (χ1n) is 4.83. The van der Waals surface area contributed by atoms with Crippen molar-refractivity contribution in [3.05, 3.63) is 35.4 Å². The van der Waals surface area contributed by atoms with Gasteiger partial charge in [0.05, 0.1) is 12.2 Å². The predicted molar refractivity (Wildman–Crippen MR) is 54.4 cm³/mol. The average Bonchev–Trinajstić information content (AvgIpc) is 2.58. The molecule has 0 unspecified atom stereocenters. The van der Waals surface area contributed by atoms with Gasteiger partial charge < -0.3 is 4.74 Å². The van der Waals surface area contributed by atoms with Gasteiger partial charge in [-0.15, -0.1) is 23.2 Å². The summed E-state index contributed by atoms with van der Waals surface area (Å²) in [4.78, 5) is 0. The molecule has 2 heterocycles. The molecular weight excluding hydrogens is 219 g/mol. The minimum atomic E-state index is -0.535. The third kappa shape index (κ3) is 0.680. The molecule has 0 N–H and O–H groups in total. The van der Waals surface area contributed by atoms with Crippen LogP contribution in [0.3, 0.4) is 0 Å². The van der Waals surface area contributed by atoms with Crippen molar-refractivity contribution in [3.8, 4) is 0 Å². The Balaban J connectivity index is 1.91. The first-order chi connectivity index (χ1) is 6.71. The van der Waals surface area contributed by atoms with Crippen LogP contribution in [-0.4, -0.2) is 4.33 Å². The van der Waals surface area contributed by atoms with E-state index in [1.807, 2.05) is 12.1 Å². The summed E-state index contributed by atoms with van der Waals surface area (Å²) in [6.45, 7) is 0. The molecule has 2 aliphatic heterocycles. The largest absolute Gasteiger partial charge is 0.365 e. The molecule has 4 atom stereocenters. The van der Waals surface area contributed by atoms with Crippen molar-refractivity contribution in [3.63, 3.8) is 0 Å². The van der Waals surface area contributed by atoms with Gasteiger partial charge in [0, 0.05) is 11.8 Å². The second-order valence-electron chi connectivity index (χ2n) is 4.33. The first kappa shape index (κ1) is 7.98. The maximum atomic E-state index is 6.21. The molecule has 1 aromatic carbocycles. The van der Waals surface area contributed by atoms with Crippen molar-refractivity contribution in [1.82, 2.24) is 0 Å². The van der Waals surface area contributed by atoms with Crippen LogP contribution in [0.15, 0.2) is 24.3 Å². The van der Waals surface area contributed by atoms with Gasteiger partial charge in [-0.05, 0) is 11.1 Å². The summed E-state index contributed by atoms with van der Waals surface area (Å²) >= 11 is 12.4. The van der Waals surface area contributed by atoms with Gasteiger partial charge >= 0.3 is 0 Å². The average molecular weight is 227 g/mol. The van der Waals surface area contributed by atoms with Crippen molar-refractivity contribution in [1.29, 1.82) is 0 Å². The molecule has 14 heavy (non-hydrogen) atoms. The van der Waals surface area contributed by atoms with Gasteiger partial charge in [0.15, 0.2) is 0 Å². The number of hydrogen-bond donors (Lipinski definition) is 0. The number of hydrogen-bond acceptors (Lipinski definition) is 1. The molecule has 0 amide bonds. The summed E-state index contributed by atoms with van der Waals surface area (Å²) in [7, 11) is 0. The molecule has 1 saturated carbocycles. The molecule has 0 spiro atoms. The van der Waals surface area contributed by atoms with Crippen molar-refractivity contribution in [2.45, 2.75) is 16.5 Å². The highest BCUT2D eigenvalue weighted by atomic mass is 35.5. The van der Waals surface area contributed by atoms with Crippen LogP contribution in [0.2, 0.25) is 0 Å². The third-order valence-electron chi connectivity index (χ3n) is 3.72. The number of rotatable bonds is 0. The van der Waals surface area contributed by atoms with Gasteiger partial charge in [0.25, 0.3) is 0 Å². The van der Waals surface area contributed by atoms with Crippen LogP contribution >= 0.6 is 23.2 Å². The number of fused-ring (bicyclic) bond motifs is 8. The van der Waals surface area contributed by atoms with Crippen LogP contribution < -0.4 is 0 Å². The molecular formula is C11H8Cl2O. The van der Waals surface area contributed by atoms with Crippen molar-refractivity contribution >= 4 is 23.2 Å². The summed E-state index contributed by atoms with van der Waals surface area (Å²) < 4.78 is 5.34. The van der Waals surface area contributed by atoms with E-state index in [9.17, 15) is 0 Å². The highest BCUT2D eigenvalue weighted by molar-refractivity contribution is 6.51. The smallest absolute Gasteiger partial charge is 0.130 e. The van der Waals surface area contributed by atoms with Crippen LogP contribution in [0.25, 0.3) is 0 Å². The minimum Gasteiger partial charge on any atom is -0.365 e. The molecule has 1 aromatic rings. The van der Waals surface area contributed by atoms with E-state index < -0.39 is 4.33 Å². The van der Waals surface area contributed by atoms with Crippen LogP contribution in [0, 0.1) is 11.8 Å². The van der Waals surface area contributed by atoms with Crippen molar-refractivity contribution in [2.24, 2.45) is 11.8 Å². The van der Waals surface area contributed by atoms with Crippen molar-refractivity contribution < 1.29 is 4.74 Å². The number of benzene rings is 1. The lowest BCUT2D eigenvalue weighted by Crippen LogP contribution is -2.05. The minimum absolute atomic E-state index is 0.149. The second-order valence-corrected chi connectivity index (χ2v) is 5.78. The van der Waals surface area contributed by atoms with Gasteiger partial charge in [0.1, 0.15) is 4.33 Å². The van der Waals surface area contributed by atoms with Gasteiger partial charge in [-0.2, -0.15) is 0 Å². The Labute approximate surface area is 92.0 Å². The summed E-state index contributed by atoms with van der Waals surface area (Å²) in [5.74, 6) is 0.650. The molecule has 1 nitrogen and oxygen atoms in total. The van der Waals surface area contributed by atoms with E-state index >= 15 is 0 Å². The summed E-state index contributed by atoms with van der Waals surface area (Å²) in [5, 5.41) is 0. The van der Waals surface area contributed by atoms with Crippen LogP contribution in [-0.2, 0) is 4.74 Å². The van der Waals surface area contributed by atoms with Gasteiger partial charge in [-0.25, -0.2) is 0 Å². The van der Waals surface area contributed by atoms with Gasteiger partial charge in [-0.1, -0.05) is 24.3 Å². The van der Waals surface area contributed by atoms with E-state index in [1.54, 1.807) is 0 Å². The Morgan fingerprint density at radius 2 is 1.50 bits per heavy atom. The number of ether oxygens (including phenoxy) is 1. The van der Waals surface area contributed by atoms with E-state index in [1.165, 1.54) is 11.1 Å². The Hall–Kier alpha value is -0.240. The van der Waals surface area contributed by atoms with Crippen LogP contribution in [0.1, 0.15) is 23.3 Å². The van der Waals surface area contributed by atoms with E-state index in [0.29, 0.717) is 11.8 Å². The van der Waals surface area contributed by atoms with E-state index in [4.69, 9.17) is 27.9 Å². The summed E-state index contributed by atoms with van der Waals surface area (Å²) in [5.41, 5.74) is 2.59. The van der Waals surface area contributed by atoms with E-state index in [-0.39, 0.29) is 12.2 Å². The molecule has 0 radical (unpaired) electrons. The number of halogens is 2. The van der Waals surface area contributed by atoms with Gasteiger partial charge in [0.2, 0.25) is 0 Å². The lowest BCUT2D eigenvalue weighted by molar-refractivity contribution is 0.0373. The second kappa shape index (κ2) is 2.13. The normalized spacial score (nSPS) is 44.7. The summed E-state index contributed by atoms with van der Waals surface area (Å²) in [6, 6.07) is 8.34. The Bertz CT molecular complexity index is 392.